The summed E-state index contributed by atoms with van der Waals surface area (Å²) in [6.07, 6.45) is 3.04. The van der Waals surface area contributed by atoms with Crippen molar-refractivity contribution >= 4 is 14.0 Å². The van der Waals surface area contributed by atoms with Gasteiger partial charge < -0.3 is 9.53 Å². The van der Waals surface area contributed by atoms with E-state index in [0.717, 1.165) is 33.8 Å². The molecule has 0 atom stereocenters. The Morgan fingerprint density at radius 2 is 1.39 bits per heavy atom. The first-order valence-electron chi connectivity index (χ1n) is 13.1. The molecule has 5 nitrogen and oxygen atoms in total. The van der Waals surface area contributed by atoms with Gasteiger partial charge in [-0.3, -0.25) is 4.40 Å². The highest BCUT2D eigenvalue weighted by Crippen LogP contribution is 2.38. The van der Waals surface area contributed by atoms with Crippen molar-refractivity contribution in [3.05, 3.63) is 114 Å². The maximum Gasteiger partial charge on any atom is 0.250 e. The van der Waals surface area contributed by atoms with Gasteiger partial charge in [0, 0.05) is 24.6 Å². The number of fused-ring (bicyclic) bond motifs is 1. The maximum atomic E-state index is 11.3. The SMILES string of the molecule is CC(C)(C)[Si](C)(C)Oc1cccc(-c2cn3c(O)c(Cc4ccccc4)nc3c(Cc3ccccc3)n2)c1. The molecule has 6 heteroatoms. The van der Waals surface area contributed by atoms with Crippen molar-refractivity contribution in [2.24, 2.45) is 0 Å². The Morgan fingerprint density at radius 3 is 2.00 bits per heavy atom. The van der Waals surface area contributed by atoms with Gasteiger partial charge in [0.2, 0.25) is 14.2 Å². The minimum absolute atomic E-state index is 0.0980. The average Bonchev–Trinajstić information content (AvgIpc) is 3.20. The van der Waals surface area contributed by atoms with Crippen molar-refractivity contribution in [2.45, 2.75) is 51.7 Å². The van der Waals surface area contributed by atoms with Crippen molar-refractivity contribution in [3.8, 4) is 22.9 Å². The van der Waals surface area contributed by atoms with E-state index in [-0.39, 0.29) is 10.9 Å². The van der Waals surface area contributed by atoms with Crippen LogP contribution in [0.25, 0.3) is 16.9 Å². The predicted molar refractivity (Wildman–Crippen MR) is 156 cm³/mol. The third-order valence-corrected chi connectivity index (χ3v) is 11.8. The summed E-state index contributed by atoms with van der Waals surface area (Å²) in [6.45, 7) is 11.2. The molecule has 0 aliphatic rings. The molecule has 0 aliphatic carbocycles. The Hall–Kier alpha value is -3.90. The number of imidazole rings is 1. The van der Waals surface area contributed by atoms with Gasteiger partial charge in [0.15, 0.2) is 5.65 Å². The Bertz CT molecular complexity index is 1560. The molecule has 5 rings (SSSR count). The monoisotopic (exact) mass is 521 g/mol. The van der Waals surface area contributed by atoms with E-state index >= 15 is 0 Å². The molecular weight excluding hydrogens is 486 g/mol. The number of aromatic nitrogens is 3. The maximum absolute atomic E-state index is 11.3. The summed E-state index contributed by atoms with van der Waals surface area (Å²) in [6, 6.07) is 28.5. The lowest BCUT2D eigenvalue weighted by atomic mass is 10.1. The zero-order valence-electron chi connectivity index (χ0n) is 22.8. The fourth-order valence-corrected chi connectivity index (χ4v) is 5.29. The average molecular weight is 522 g/mol. The first-order chi connectivity index (χ1) is 18.1. The molecule has 0 unspecified atom stereocenters. The Kier molecular flexibility index (Phi) is 6.84. The van der Waals surface area contributed by atoms with E-state index in [0.29, 0.717) is 24.2 Å². The van der Waals surface area contributed by atoms with Crippen molar-refractivity contribution in [1.29, 1.82) is 0 Å². The molecule has 1 N–H and O–H groups in total. The minimum Gasteiger partial charge on any atom is -0.543 e. The van der Waals surface area contributed by atoms with Crippen LogP contribution in [0.5, 0.6) is 11.6 Å². The van der Waals surface area contributed by atoms with Gasteiger partial charge in [-0.15, -0.1) is 0 Å². The lowest BCUT2D eigenvalue weighted by molar-refractivity contribution is 0.442. The standard InChI is InChI=1S/C32H35N3O2Si/c1-32(2,3)38(4,5)37-26-18-12-17-25(21-26)29-22-35-30(27(33-29)19-23-13-8-6-9-14-23)34-28(31(35)36)20-24-15-10-7-11-16-24/h6-18,21-22,36H,19-20H2,1-5H3. The molecule has 0 aliphatic heterocycles. The van der Waals surface area contributed by atoms with E-state index in [2.05, 4.69) is 52.1 Å². The topological polar surface area (TPSA) is 59.7 Å². The van der Waals surface area contributed by atoms with E-state index in [4.69, 9.17) is 14.4 Å². The number of benzene rings is 3. The van der Waals surface area contributed by atoms with Gasteiger partial charge in [-0.05, 0) is 41.4 Å². The zero-order valence-corrected chi connectivity index (χ0v) is 23.8. The number of hydrogen-bond donors (Lipinski definition) is 1. The molecule has 0 amide bonds. The van der Waals surface area contributed by atoms with Gasteiger partial charge in [0.05, 0.1) is 11.4 Å². The summed E-state index contributed by atoms with van der Waals surface area (Å²) in [5.74, 6) is 0.996. The van der Waals surface area contributed by atoms with Crippen LogP contribution in [0, 0.1) is 0 Å². The second-order valence-corrected chi connectivity index (χ2v) is 16.1. The summed E-state index contributed by atoms with van der Waals surface area (Å²) >= 11 is 0. The fourth-order valence-electron chi connectivity index (χ4n) is 4.26. The molecule has 0 bridgehead atoms. The molecule has 2 heterocycles. The quantitative estimate of drug-likeness (QED) is 0.223. The molecule has 0 saturated carbocycles. The van der Waals surface area contributed by atoms with Gasteiger partial charge in [-0.1, -0.05) is 93.6 Å². The summed E-state index contributed by atoms with van der Waals surface area (Å²) < 4.78 is 8.36. The van der Waals surface area contributed by atoms with Crippen LogP contribution in [0.3, 0.4) is 0 Å². The number of rotatable bonds is 7. The molecule has 0 radical (unpaired) electrons. The van der Waals surface area contributed by atoms with Crippen LogP contribution in [-0.2, 0) is 12.8 Å². The highest BCUT2D eigenvalue weighted by molar-refractivity contribution is 6.74. The fraction of sp³-hybridized carbons (Fsp3) is 0.250. The van der Waals surface area contributed by atoms with Crippen LogP contribution in [0.2, 0.25) is 18.1 Å². The molecule has 3 aromatic carbocycles. The van der Waals surface area contributed by atoms with Crippen molar-refractivity contribution in [3.63, 3.8) is 0 Å². The Labute approximate surface area is 225 Å². The zero-order chi connectivity index (χ0) is 26.9. The Balaban J connectivity index is 1.60. The Morgan fingerprint density at radius 1 is 0.789 bits per heavy atom. The van der Waals surface area contributed by atoms with Crippen molar-refractivity contribution < 1.29 is 9.53 Å². The largest absolute Gasteiger partial charge is 0.543 e. The van der Waals surface area contributed by atoms with Crippen LogP contribution in [-0.4, -0.2) is 27.8 Å². The van der Waals surface area contributed by atoms with Gasteiger partial charge >= 0.3 is 0 Å². The first kappa shape index (κ1) is 25.7. The van der Waals surface area contributed by atoms with Gasteiger partial charge in [-0.2, -0.15) is 0 Å². The third kappa shape index (κ3) is 5.36. The number of hydrogen-bond acceptors (Lipinski definition) is 4. The first-order valence-corrected chi connectivity index (χ1v) is 16.0. The van der Waals surface area contributed by atoms with Crippen molar-refractivity contribution in [2.75, 3.05) is 0 Å². The van der Waals surface area contributed by atoms with E-state index in [1.54, 1.807) is 4.40 Å². The summed E-state index contributed by atoms with van der Waals surface area (Å²) in [7, 11) is -1.99. The van der Waals surface area contributed by atoms with Gasteiger partial charge in [-0.25, -0.2) is 9.97 Å². The van der Waals surface area contributed by atoms with Crippen LogP contribution in [0.1, 0.15) is 43.3 Å². The molecular formula is C32H35N3O2Si. The van der Waals surface area contributed by atoms with E-state index in [9.17, 15) is 5.11 Å². The molecule has 0 saturated heterocycles. The minimum atomic E-state index is -1.99. The smallest absolute Gasteiger partial charge is 0.250 e. The normalized spacial score (nSPS) is 12.1. The number of nitrogens with zero attached hydrogens (tertiary/aromatic N) is 3. The van der Waals surface area contributed by atoms with Crippen LogP contribution < -0.4 is 4.43 Å². The van der Waals surface area contributed by atoms with Crippen LogP contribution in [0.4, 0.5) is 0 Å². The predicted octanol–water partition coefficient (Wildman–Crippen LogP) is 7.67. The summed E-state index contributed by atoms with van der Waals surface area (Å²) in [4.78, 5) is 9.94. The number of aromatic hydroxyl groups is 1. The molecule has 194 valence electrons. The summed E-state index contributed by atoms with van der Waals surface area (Å²) in [5.41, 5.74) is 6.08. The lowest BCUT2D eigenvalue weighted by Crippen LogP contribution is -2.43. The molecule has 2 aromatic heterocycles. The second kappa shape index (κ2) is 10.1. The summed E-state index contributed by atoms with van der Waals surface area (Å²) in [5, 5.41) is 11.4. The highest BCUT2D eigenvalue weighted by Gasteiger charge is 2.39. The van der Waals surface area contributed by atoms with Crippen LogP contribution in [0.15, 0.2) is 91.1 Å². The highest BCUT2D eigenvalue weighted by atomic mass is 28.4. The van der Waals surface area contributed by atoms with E-state index in [1.165, 1.54) is 0 Å². The van der Waals surface area contributed by atoms with Crippen LogP contribution >= 0.6 is 0 Å². The van der Waals surface area contributed by atoms with Crippen molar-refractivity contribution in [1.82, 2.24) is 14.4 Å². The van der Waals surface area contributed by atoms with E-state index < -0.39 is 8.32 Å². The molecule has 5 aromatic rings. The van der Waals surface area contributed by atoms with E-state index in [1.807, 2.05) is 72.9 Å². The lowest BCUT2D eigenvalue weighted by Gasteiger charge is -2.36. The third-order valence-electron chi connectivity index (χ3n) is 7.46. The molecule has 38 heavy (non-hydrogen) atoms. The molecule has 0 fully saturated rings. The van der Waals surface area contributed by atoms with Gasteiger partial charge in [0.1, 0.15) is 11.4 Å². The van der Waals surface area contributed by atoms with Gasteiger partial charge in [0.25, 0.3) is 0 Å². The second-order valence-electron chi connectivity index (χ2n) is 11.4. The molecule has 0 spiro atoms.